The van der Waals surface area contributed by atoms with Crippen molar-refractivity contribution in [3.8, 4) is 0 Å². The lowest BCUT2D eigenvalue weighted by Gasteiger charge is -2.15. The molecule has 14 heavy (non-hydrogen) atoms. The van der Waals surface area contributed by atoms with Gasteiger partial charge in [0.15, 0.2) is 0 Å². The van der Waals surface area contributed by atoms with Gasteiger partial charge in [-0.1, -0.05) is 30.7 Å². The third-order valence-corrected chi connectivity index (χ3v) is 3.40. The van der Waals surface area contributed by atoms with Gasteiger partial charge in [-0.3, -0.25) is 0 Å². The standard InChI is InChI=1S/C14H18/c1-5-12-11(4)8-13-9(2)6-7-10(3)14(12)13/h6-8,12H,5H2,1-4H3. The molecule has 0 saturated heterocycles. The monoisotopic (exact) mass is 186 g/mol. The molecule has 0 heterocycles. The van der Waals surface area contributed by atoms with Gasteiger partial charge in [0.05, 0.1) is 0 Å². The molecule has 0 nitrogen and oxygen atoms in total. The fourth-order valence-electron chi connectivity index (χ4n) is 2.59. The minimum Gasteiger partial charge on any atom is -0.0652 e. The van der Waals surface area contributed by atoms with Gasteiger partial charge in [-0.25, -0.2) is 0 Å². The van der Waals surface area contributed by atoms with E-state index in [4.69, 9.17) is 0 Å². The summed E-state index contributed by atoms with van der Waals surface area (Å²) in [6.07, 6.45) is 3.59. The molecule has 1 aliphatic carbocycles. The van der Waals surface area contributed by atoms with Gasteiger partial charge in [0.25, 0.3) is 0 Å². The highest BCUT2D eigenvalue weighted by Crippen LogP contribution is 2.41. The smallest absolute Gasteiger partial charge is 0.00547 e. The number of allylic oxidation sites excluding steroid dienone is 1. The van der Waals surface area contributed by atoms with Crippen LogP contribution in [0.5, 0.6) is 0 Å². The minimum atomic E-state index is 0.671. The van der Waals surface area contributed by atoms with Crippen molar-refractivity contribution in [2.45, 2.75) is 40.0 Å². The summed E-state index contributed by atoms with van der Waals surface area (Å²) in [5, 5.41) is 0. The molecule has 1 aromatic carbocycles. The van der Waals surface area contributed by atoms with Crippen LogP contribution in [0.2, 0.25) is 0 Å². The molecule has 0 spiro atoms. The van der Waals surface area contributed by atoms with Gasteiger partial charge in [0.1, 0.15) is 0 Å². The molecular weight excluding hydrogens is 168 g/mol. The van der Waals surface area contributed by atoms with Crippen LogP contribution in [0.15, 0.2) is 17.7 Å². The van der Waals surface area contributed by atoms with Crippen LogP contribution in [0, 0.1) is 13.8 Å². The summed E-state index contributed by atoms with van der Waals surface area (Å²) < 4.78 is 0. The highest BCUT2D eigenvalue weighted by atomic mass is 14.3. The Morgan fingerprint density at radius 1 is 1.07 bits per heavy atom. The second-order valence-electron chi connectivity index (χ2n) is 4.38. The van der Waals surface area contributed by atoms with Crippen molar-refractivity contribution >= 4 is 6.08 Å². The van der Waals surface area contributed by atoms with Crippen LogP contribution in [0.1, 0.15) is 48.4 Å². The molecular formula is C14H18. The molecule has 0 amide bonds. The fraction of sp³-hybridized carbons (Fsp3) is 0.429. The normalized spacial score (nSPS) is 19.4. The first-order valence-corrected chi connectivity index (χ1v) is 5.43. The second-order valence-corrected chi connectivity index (χ2v) is 4.38. The summed E-state index contributed by atoms with van der Waals surface area (Å²) in [6.45, 7) is 8.97. The summed E-state index contributed by atoms with van der Waals surface area (Å²) in [5.74, 6) is 0.671. The molecule has 1 aliphatic rings. The van der Waals surface area contributed by atoms with Gasteiger partial charge in [0.2, 0.25) is 0 Å². The maximum Gasteiger partial charge on any atom is 0.00547 e. The zero-order chi connectivity index (χ0) is 10.3. The van der Waals surface area contributed by atoms with Crippen molar-refractivity contribution in [3.63, 3.8) is 0 Å². The quantitative estimate of drug-likeness (QED) is 0.616. The maximum absolute atomic E-state index is 2.37. The molecule has 0 radical (unpaired) electrons. The Bertz CT molecular complexity index is 397. The van der Waals surface area contributed by atoms with Crippen molar-refractivity contribution in [2.75, 3.05) is 0 Å². The van der Waals surface area contributed by atoms with E-state index in [1.807, 2.05) is 0 Å². The van der Waals surface area contributed by atoms with Crippen molar-refractivity contribution < 1.29 is 0 Å². The Hall–Kier alpha value is -1.04. The first-order chi connectivity index (χ1) is 6.65. The maximum atomic E-state index is 2.37. The highest BCUT2D eigenvalue weighted by Gasteiger charge is 2.23. The summed E-state index contributed by atoms with van der Waals surface area (Å²) in [5.41, 5.74) is 7.45. The molecule has 74 valence electrons. The van der Waals surface area contributed by atoms with Gasteiger partial charge in [-0.15, -0.1) is 0 Å². The van der Waals surface area contributed by atoms with Crippen molar-refractivity contribution in [3.05, 3.63) is 40.0 Å². The molecule has 0 N–H and O–H groups in total. The van der Waals surface area contributed by atoms with Crippen molar-refractivity contribution in [2.24, 2.45) is 0 Å². The lowest BCUT2D eigenvalue weighted by atomic mass is 9.89. The molecule has 0 aromatic heterocycles. The summed E-state index contributed by atoms with van der Waals surface area (Å²) >= 11 is 0. The molecule has 0 aliphatic heterocycles. The van der Waals surface area contributed by atoms with Gasteiger partial charge < -0.3 is 0 Å². The van der Waals surface area contributed by atoms with E-state index in [9.17, 15) is 0 Å². The summed E-state index contributed by atoms with van der Waals surface area (Å²) in [6, 6.07) is 4.49. The van der Waals surface area contributed by atoms with E-state index in [1.54, 1.807) is 5.56 Å². The van der Waals surface area contributed by atoms with Gasteiger partial charge >= 0.3 is 0 Å². The van der Waals surface area contributed by atoms with Crippen LogP contribution in [0.3, 0.4) is 0 Å². The van der Waals surface area contributed by atoms with Crippen LogP contribution in [-0.4, -0.2) is 0 Å². The summed E-state index contributed by atoms with van der Waals surface area (Å²) in [4.78, 5) is 0. The number of hydrogen-bond acceptors (Lipinski definition) is 0. The molecule has 0 fully saturated rings. The average Bonchev–Trinajstić information content (AvgIpc) is 2.50. The predicted octanol–water partition coefficient (Wildman–Crippen LogP) is 4.21. The number of rotatable bonds is 1. The van der Waals surface area contributed by atoms with E-state index in [-0.39, 0.29) is 0 Å². The van der Waals surface area contributed by atoms with E-state index in [1.165, 1.54) is 28.7 Å². The Morgan fingerprint density at radius 2 is 1.71 bits per heavy atom. The van der Waals surface area contributed by atoms with Gasteiger partial charge in [-0.2, -0.15) is 0 Å². The number of fused-ring (bicyclic) bond motifs is 1. The molecule has 1 unspecified atom stereocenters. The summed E-state index contributed by atoms with van der Waals surface area (Å²) in [7, 11) is 0. The Balaban J connectivity index is 2.65. The Labute approximate surface area is 86.7 Å². The fourth-order valence-corrected chi connectivity index (χ4v) is 2.59. The molecule has 0 bridgehead atoms. The number of hydrogen-bond donors (Lipinski definition) is 0. The first kappa shape index (κ1) is 9.51. The molecule has 0 heteroatoms. The number of aryl methyl sites for hydroxylation is 2. The molecule has 1 aromatic rings. The molecule has 0 saturated carbocycles. The molecule has 1 atom stereocenters. The highest BCUT2D eigenvalue weighted by molar-refractivity contribution is 5.70. The van der Waals surface area contributed by atoms with Crippen molar-refractivity contribution in [1.82, 2.24) is 0 Å². The van der Waals surface area contributed by atoms with E-state index in [2.05, 4.69) is 45.9 Å². The van der Waals surface area contributed by atoms with Gasteiger partial charge in [0, 0.05) is 5.92 Å². The van der Waals surface area contributed by atoms with E-state index < -0.39 is 0 Å². The van der Waals surface area contributed by atoms with Crippen molar-refractivity contribution in [1.29, 1.82) is 0 Å². The third-order valence-electron chi connectivity index (χ3n) is 3.40. The topological polar surface area (TPSA) is 0 Å². The van der Waals surface area contributed by atoms with Crippen LogP contribution in [0.4, 0.5) is 0 Å². The van der Waals surface area contributed by atoms with E-state index in [0.29, 0.717) is 5.92 Å². The first-order valence-electron chi connectivity index (χ1n) is 5.43. The predicted molar refractivity (Wildman–Crippen MR) is 62.6 cm³/mol. The SMILES string of the molecule is CCC1C(C)=Cc2c(C)ccc(C)c21. The Kier molecular flexibility index (Phi) is 2.22. The van der Waals surface area contributed by atoms with Crippen LogP contribution in [-0.2, 0) is 0 Å². The lowest BCUT2D eigenvalue weighted by Crippen LogP contribution is -1.98. The second kappa shape index (κ2) is 3.27. The lowest BCUT2D eigenvalue weighted by molar-refractivity contribution is 0.770. The minimum absolute atomic E-state index is 0.671. The largest absolute Gasteiger partial charge is 0.0652 e. The zero-order valence-electron chi connectivity index (χ0n) is 9.52. The molecule has 2 rings (SSSR count). The number of benzene rings is 1. The van der Waals surface area contributed by atoms with Crippen LogP contribution < -0.4 is 0 Å². The average molecular weight is 186 g/mol. The van der Waals surface area contributed by atoms with Crippen LogP contribution in [0.25, 0.3) is 6.08 Å². The van der Waals surface area contributed by atoms with E-state index >= 15 is 0 Å². The Morgan fingerprint density at radius 3 is 2.36 bits per heavy atom. The van der Waals surface area contributed by atoms with Gasteiger partial charge in [-0.05, 0) is 49.4 Å². The third kappa shape index (κ3) is 1.21. The van der Waals surface area contributed by atoms with Crippen LogP contribution >= 0.6 is 0 Å². The zero-order valence-corrected chi connectivity index (χ0v) is 9.52. The van der Waals surface area contributed by atoms with E-state index in [0.717, 1.165) is 0 Å².